The van der Waals surface area contributed by atoms with Gasteiger partial charge in [-0.3, -0.25) is 4.79 Å². The van der Waals surface area contributed by atoms with Gasteiger partial charge < -0.3 is 11.1 Å². The van der Waals surface area contributed by atoms with Gasteiger partial charge in [0.25, 0.3) is 0 Å². The number of nitrogens with two attached hydrogens (primary N) is 1. The fourth-order valence-electron chi connectivity index (χ4n) is 1.94. The van der Waals surface area contributed by atoms with Crippen molar-refractivity contribution in [3.05, 3.63) is 22.8 Å². The summed E-state index contributed by atoms with van der Waals surface area (Å²) in [5, 5.41) is 2.53. The van der Waals surface area contributed by atoms with E-state index in [4.69, 9.17) is 5.73 Å². The molecular weight excluding hydrogens is 278 g/mol. The quantitative estimate of drug-likeness (QED) is 0.547. The predicted molar refractivity (Wildman–Crippen MR) is 78.9 cm³/mol. The minimum absolute atomic E-state index is 0.134. The summed E-state index contributed by atoms with van der Waals surface area (Å²) in [6, 6.07) is 1.76. The Morgan fingerprint density at radius 3 is 2.35 bits per heavy atom. The maximum atomic E-state index is 12.3. The molecule has 0 heterocycles. The topological polar surface area (TPSA) is 101 Å². The van der Waals surface area contributed by atoms with Gasteiger partial charge in [-0.25, -0.2) is 13.1 Å². The van der Waals surface area contributed by atoms with Crippen LogP contribution in [0.15, 0.2) is 11.0 Å². The Morgan fingerprint density at radius 2 is 1.80 bits per heavy atom. The Labute approximate surface area is 119 Å². The van der Waals surface area contributed by atoms with E-state index < -0.39 is 10.0 Å². The maximum absolute atomic E-state index is 12.3. The van der Waals surface area contributed by atoms with Crippen LogP contribution in [0.1, 0.15) is 23.6 Å². The van der Waals surface area contributed by atoms with Crippen molar-refractivity contribution in [3.63, 3.8) is 0 Å². The first-order valence-corrected chi connectivity index (χ1v) is 7.75. The van der Waals surface area contributed by atoms with Crippen molar-refractivity contribution in [3.8, 4) is 0 Å². The van der Waals surface area contributed by atoms with E-state index >= 15 is 0 Å². The molecule has 0 saturated heterocycles. The van der Waals surface area contributed by atoms with Gasteiger partial charge in [0.15, 0.2) is 0 Å². The van der Waals surface area contributed by atoms with Crippen LogP contribution in [-0.2, 0) is 14.8 Å². The van der Waals surface area contributed by atoms with Gasteiger partial charge in [0.1, 0.15) is 0 Å². The number of nitrogens with one attached hydrogen (secondary N) is 2. The molecule has 0 fully saturated rings. The minimum atomic E-state index is -3.65. The van der Waals surface area contributed by atoms with E-state index in [0.717, 1.165) is 5.56 Å². The highest BCUT2D eigenvalue weighted by molar-refractivity contribution is 7.89. The largest absolute Gasteiger partial charge is 0.398 e. The maximum Gasteiger partial charge on any atom is 0.241 e. The fourth-order valence-corrected chi connectivity index (χ4v) is 3.54. The molecule has 0 bridgehead atoms. The molecule has 0 radical (unpaired) electrons. The van der Waals surface area contributed by atoms with E-state index in [0.29, 0.717) is 16.8 Å². The lowest BCUT2D eigenvalue weighted by molar-refractivity contribution is -0.118. The number of aryl methyl sites for hydroxylation is 1. The zero-order valence-corrected chi connectivity index (χ0v) is 13.0. The van der Waals surface area contributed by atoms with Crippen molar-refractivity contribution in [2.24, 2.45) is 0 Å². The number of hydrogen-bond acceptors (Lipinski definition) is 4. The average Bonchev–Trinajstić information content (AvgIpc) is 2.32. The normalized spacial score (nSPS) is 11.4. The number of amides is 1. The lowest BCUT2D eigenvalue weighted by Gasteiger charge is -2.16. The number of nitrogen functional groups attached to an aromatic ring is 1. The first kappa shape index (κ1) is 16.5. The molecule has 1 aromatic rings. The third kappa shape index (κ3) is 3.71. The molecular formula is C13H21N3O3S. The number of carbonyl (C=O) groups excluding carboxylic acids is 1. The van der Waals surface area contributed by atoms with Gasteiger partial charge in [-0.05, 0) is 43.5 Å². The van der Waals surface area contributed by atoms with E-state index in [2.05, 4.69) is 10.0 Å². The average molecular weight is 299 g/mol. The van der Waals surface area contributed by atoms with Gasteiger partial charge >= 0.3 is 0 Å². The second kappa shape index (κ2) is 6.23. The molecule has 6 nitrogen and oxygen atoms in total. The standard InChI is InChI=1S/C13H21N3O3S/c1-8-7-12(14)10(3)13(9(8)2)20(18,19)16-6-5-15-11(4)17/h7,16H,5-6,14H2,1-4H3,(H,15,17). The molecule has 0 unspecified atom stereocenters. The van der Waals surface area contributed by atoms with Gasteiger partial charge in [0, 0.05) is 25.7 Å². The van der Waals surface area contributed by atoms with Gasteiger partial charge in [-0.15, -0.1) is 0 Å². The van der Waals surface area contributed by atoms with Crippen LogP contribution in [0.3, 0.4) is 0 Å². The van der Waals surface area contributed by atoms with Crippen LogP contribution in [-0.4, -0.2) is 27.4 Å². The molecule has 0 spiro atoms. The van der Waals surface area contributed by atoms with Gasteiger partial charge in [0.05, 0.1) is 4.90 Å². The monoisotopic (exact) mass is 299 g/mol. The van der Waals surface area contributed by atoms with Crippen LogP contribution < -0.4 is 15.8 Å². The fraction of sp³-hybridized carbons (Fsp3) is 0.462. The molecule has 1 amide bonds. The smallest absolute Gasteiger partial charge is 0.241 e. The summed E-state index contributed by atoms with van der Waals surface area (Å²) in [6.45, 7) is 7.02. The number of rotatable bonds is 5. The molecule has 0 aromatic heterocycles. The number of anilines is 1. The van der Waals surface area contributed by atoms with Crippen molar-refractivity contribution in [1.82, 2.24) is 10.0 Å². The summed E-state index contributed by atoms with van der Waals surface area (Å²) < 4.78 is 27.2. The molecule has 112 valence electrons. The van der Waals surface area contributed by atoms with Crippen molar-refractivity contribution in [2.45, 2.75) is 32.6 Å². The Morgan fingerprint density at radius 1 is 1.20 bits per heavy atom. The van der Waals surface area contributed by atoms with Crippen LogP contribution >= 0.6 is 0 Å². The highest BCUT2D eigenvalue weighted by Crippen LogP contribution is 2.27. The molecule has 7 heteroatoms. The van der Waals surface area contributed by atoms with Crippen molar-refractivity contribution < 1.29 is 13.2 Å². The molecule has 0 aliphatic carbocycles. The first-order valence-electron chi connectivity index (χ1n) is 6.27. The molecule has 20 heavy (non-hydrogen) atoms. The summed E-state index contributed by atoms with van der Waals surface area (Å²) in [4.78, 5) is 11.0. The lowest BCUT2D eigenvalue weighted by Crippen LogP contribution is -2.34. The van der Waals surface area contributed by atoms with E-state index in [1.807, 2.05) is 6.92 Å². The molecule has 1 aromatic carbocycles. The van der Waals surface area contributed by atoms with E-state index in [-0.39, 0.29) is 23.9 Å². The molecule has 0 atom stereocenters. The first-order chi connectivity index (χ1) is 9.16. The lowest BCUT2D eigenvalue weighted by atomic mass is 10.1. The summed E-state index contributed by atoms with van der Waals surface area (Å²) in [5.41, 5.74) is 8.34. The van der Waals surface area contributed by atoms with Gasteiger partial charge in [-0.1, -0.05) is 0 Å². The summed E-state index contributed by atoms with van der Waals surface area (Å²) in [6.07, 6.45) is 0. The molecule has 0 saturated carbocycles. The highest BCUT2D eigenvalue weighted by atomic mass is 32.2. The van der Waals surface area contributed by atoms with Gasteiger partial charge in [-0.2, -0.15) is 0 Å². The predicted octanol–water partition coefficient (Wildman–Crippen LogP) is 0.608. The second-order valence-corrected chi connectivity index (χ2v) is 6.45. The van der Waals surface area contributed by atoms with Crippen molar-refractivity contribution in [2.75, 3.05) is 18.8 Å². The van der Waals surface area contributed by atoms with Crippen molar-refractivity contribution >= 4 is 21.6 Å². The molecule has 0 aliphatic rings. The molecule has 4 N–H and O–H groups in total. The van der Waals surface area contributed by atoms with Crippen LogP contribution in [0.4, 0.5) is 5.69 Å². The van der Waals surface area contributed by atoms with Crippen LogP contribution in [0.25, 0.3) is 0 Å². The number of sulfonamides is 1. The Bertz CT molecular complexity index is 598. The summed E-state index contributed by atoms with van der Waals surface area (Å²) >= 11 is 0. The SMILES string of the molecule is CC(=O)NCCNS(=O)(=O)c1c(C)c(C)cc(N)c1C. The number of benzene rings is 1. The Kier molecular flexibility index (Phi) is 5.13. The van der Waals surface area contributed by atoms with Crippen molar-refractivity contribution in [1.29, 1.82) is 0 Å². The number of carbonyl (C=O) groups is 1. The van der Waals surface area contributed by atoms with Gasteiger partial charge in [0.2, 0.25) is 15.9 Å². The third-order valence-corrected chi connectivity index (χ3v) is 4.87. The Balaban J connectivity index is 3.01. The third-order valence-electron chi connectivity index (χ3n) is 3.14. The highest BCUT2D eigenvalue weighted by Gasteiger charge is 2.21. The minimum Gasteiger partial charge on any atom is -0.398 e. The molecule has 1 rings (SSSR count). The Hall–Kier alpha value is -1.60. The van der Waals surface area contributed by atoms with Crippen LogP contribution in [0.5, 0.6) is 0 Å². The zero-order valence-electron chi connectivity index (χ0n) is 12.2. The molecule has 0 aliphatic heterocycles. The summed E-state index contributed by atoms with van der Waals surface area (Å²) in [5.74, 6) is -0.198. The zero-order chi connectivity index (χ0) is 15.5. The number of hydrogen-bond donors (Lipinski definition) is 3. The van der Waals surface area contributed by atoms with E-state index in [1.165, 1.54) is 6.92 Å². The van der Waals surface area contributed by atoms with Crippen LogP contribution in [0.2, 0.25) is 0 Å². The van der Waals surface area contributed by atoms with E-state index in [9.17, 15) is 13.2 Å². The second-order valence-electron chi connectivity index (χ2n) is 4.74. The van der Waals surface area contributed by atoms with E-state index in [1.54, 1.807) is 19.9 Å². The van der Waals surface area contributed by atoms with Crippen LogP contribution in [0, 0.1) is 20.8 Å². The summed E-state index contributed by atoms with van der Waals surface area (Å²) in [7, 11) is -3.65.